The van der Waals surface area contributed by atoms with Crippen molar-refractivity contribution in [3.8, 4) is 5.75 Å². The molecular formula is C23H32N2O3. The van der Waals surface area contributed by atoms with Crippen LogP contribution in [0.5, 0.6) is 5.75 Å². The lowest BCUT2D eigenvalue weighted by atomic mass is 9.49. The molecule has 1 aromatic carbocycles. The summed E-state index contributed by atoms with van der Waals surface area (Å²) >= 11 is 0. The Morgan fingerprint density at radius 1 is 1.00 bits per heavy atom. The van der Waals surface area contributed by atoms with Crippen molar-refractivity contribution >= 4 is 11.8 Å². The smallest absolute Gasteiger partial charge is 0.276 e. The van der Waals surface area contributed by atoms with E-state index in [9.17, 15) is 9.59 Å². The Morgan fingerprint density at radius 2 is 1.57 bits per heavy atom. The van der Waals surface area contributed by atoms with Crippen LogP contribution in [-0.2, 0) is 15.0 Å². The summed E-state index contributed by atoms with van der Waals surface area (Å²) in [4.78, 5) is 25.2. The van der Waals surface area contributed by atoms with Crippen molar-refractivity contribution in [1.82, 2.24) is 10.9 Å². The summed E-state index contributed by atoms with van der Waals surface area (Å²) in [5.41, 5.74) is 6.00. The topological polar surface area (TPSA) is 67.4 Å². The van der Waals surface area contributed by atoms with E-state index < -0.39 is 0 Å². The van der Waals surface area contributed by atoms with E-state index in [-0.39, 0.29) is 29.3 Å². The maximum Gasteiger partial charge on any atom is 0.276 e. The zero-order chi connectivity index (χ0) is 19.9. The molecule has 28 heavy (non-hydrogen) atoms. The minimum Gasteiger partial charge on any atom is -0.483 e. The van der Waals surface area contributed by atoms with E-state index in [1.807, 2.05) is 24.3 Å². The van der Waals surface area contributed by atoms with Crippen LogP contribution in [0.1, 0.15) is 64.9 Å². The second-order valence-corrected chi connectivity index (χ2v) is 10.2. The highest BCUT2D eigenvalue weighted by atomic mass is 16.5. The molecule has 4 saturated carbocycles. The second kappa shape index (κ2) is 7.09. The first kappa shape index (κ1) is 19.3. The maximum atomic E-state index is 12.9. The first-order valence-corrected chi connectivity index (χ1v) is 10.6. The molecule has 4 aliphatic rings. The Morgan fingerprint density at radius 3 is 2.14 bits per heavy atom. The first-order valence-electron chi connectivity index (χ1n) is 10.6. The zero-order valence-corrected chi connectivity index (χ0v) is 17.2. The van der Waals surface area contributed by atoms with Crippen molar-refractivity contribution in [2.45, 2.75) is 64.7 Å². The molecule has 4 fully saturated rings. The summed E-state index contributed by atoms with van der Waals surface area (Å²) in [5.74, 6) is 2.47. The molecule has 5 heteroatoms. The highest BCUT2D eigenvalue weighted by molar-refractivity contribution is 5.86. The van der Waals surface area contributed by atoms with Crippen molar-refractivity contribution in [2.75, 3.05) is 6.61 Å². The van der Waals surface area contributed by atoms with Crippen LogP contribution < -0.4 is 15.6 Å². The van der Waals surface area contributed by atoms with Crippen molar-refractivity contribution < 1.29 is 14.3 Å². The van der Waals surface area contributed by atoms with E-state index in [0.717, 1.165) is 24.8 Å². The van der Waals surface area contributed by atoms with Crippen LogP contribution in [0.15, 0.2) is 24.3 Å². The molecule has 1 aromatic rings. The fraction of sp³-hybridized carbons (Fsp3) is 0.652. The Balaban J connectivity index is 1.30. The molecule has 5 nitrogen and oxygen atoms in total. The Bertz CT molecular complexity index is 730. The van der Waals surface area contributed by atoms with Gasteiger partial charge in [-0.05, 0) is 73.3 Å². The van der Waals surface area contributed by atoms with Gasteiger partial charge in [0.25, 0.3) is 5.91 Å². The number of rotatable bonds is 4. The minimum absolute atomic E-state index is 0.00459. The van der Waals surface area contributed by atoms with Crippen molar-refractivity contribution in [3.63, 3.8) is 0 Å². The van der Waals surface area contributed by atoms with E-state index in [1.54, 1.807) is 0 Å². The first-order chi connectivity index (χ1) is 13.2. The average Bonchev–Trinajstić information content (AvgIpc) is 2.62. The molecular weight excluding hydrogens is 352 g/mol. The van der Waals surface area contributed by atoms with Crippen LogP contribution in [0, 0.1) is 23.2 Å². The van der Waals surface area contributed by atoms with E-state index in [1.165, 1.54) is 19.3 Å². The lowest BCUT2D eigenvalue weighted by Gasteiger charge is -2.55. The molecule has 2 N–H and O–H groups in total. The van der Waals surface area contributed by atoms with Gasteiger partial charge in [-0.1, -0.05) is 39.0 Å². The molecule has 152 valence electrons. The molecule has 0 radical (unpaired) electrons. The van der Waals surface area contributed by atoms with Gasteiger partial charge in [0.05, 0.1) is 5.41 Å². The fourth-order valence-electron chi connectivity index (χ4n) is 6.04. The predicted molar refractivity (Wildman–Crippen MR) is 108 cm³/mol. The van der Waals surface area contributed by atoms with Crippen LogP contribution in [0.3, 0.4) is 0 Å². The van der Waals surface area contributed by atoms with E-state index in [4.69, 9.17) is 4.74 Å². The van der Waals surface area contributed by atoms with Crippen molar-refractivity contribution in [1.29, 1.82) is 0 Å². The quantitative estimate of drug-likeness (QED) is 0.778. The van der Waals surface area contributed by atoms with Crippen LogP contribution in [0.25, 0.3) is 0 Å². The molecule has 4 bridgehead atoms. The summed E-state index contributed by atoms with van der Waals surface area (Å²) < 4.78 is 5.74. The van der Waals surface area contributed by atoms with E-state index >= 15 is 0 Å². The predicted octanol–water partition coefficient (Wildman–Crippen LogP) is 3.73. The summed E-state index contributed by atoms with van der Waals surface area (Å²) in [6, 6.07) is 7.76. The molecule has 0 unspecified atom stereocenters. The van der Waals surface area contributed by atoms with Crippen molar-refractivity contribution in [3.05, 3.63) is 29.8 Å². The Kier molecular flexibility index (Phi) is 4.88. The lowest BCUT2D eigenvalue weighted by molar-refractivity contribution is -0.149. The molecule has 0 atom stereocenters. The number of carbonyl (C=O) groups excluding carboxylic acids is 2. The normalized spacial score (nSPS) is 30.8. The number of nitrogens with one attached hydrogen (secondary N) is 2. The van der Waals surface area contributed by atoms with Gasteiger partial charge in [-0.25, -0.2) is 0 Å². The third-order valence-corrected chi connectivity index (χ3v) is 6.89. The van der Waals surface area contributed by atoms with Gasteiger partial charge in [0, 0.05) is 0 Å². The van der Waals surface area contributed by atoms with Gasteiger partial charge < -0.3 is 4.74 Å². The van der Waals surface area contributed by atoms with E-state index in [2.05, 4.69) is 31.6 Å². The van der Waals surface area contributed by atoms with E-state index in [0.29, 0.717) is 23.5 Å². The summed E-state index contributed by atoms with van der Waals surface area (Å²) in [6.45, 7) is 6.22. The SMILES string of the molecule is CC(C)(C)c1ccccc1OCC(=O)NNC(=O)C12CC3CC(CC(C3)C1)C2. The number of carbonyl (C=O) groups is 2. The van der Waals surface area contributed by atoms with Gasteiger partial charge in [0.15, 0.2) is 6.61 Å². The highest BCUT2D eigenvalue weighted by Gasteiger charge is 2.54. The summed E-state index contributed by atoms with van der Waals surface area (Å²) in [5, 5.41) is 0. The lowest BCUT2D eigenvalue weighted by Crippen LogP contribution is -2.57. The number of hydrogen-bond acceptors (Lipinski definition) is 3. The van der Waals surface area contributed by atoms with Crippen LogP contribution in [0.4, 0.5) is 0 Å². The molecule has 0 spiro atoms. The Labute approximate surface area is 167 Å². The number of para-hydroxylation sites is 1. The van der Waals surface area contributed by atoms with Gasteiger partial charge in [0.1, 0.15) is 5.75 Å². The van der Waals surface area contributed by atoms with Gasteiger partial charge in [-0.3, -0.25) is 20.4 Å². The molecule has 0 saturated heterocycles. The molecule has 2 amide bonds. The third-order valence-electron chi connectivity index (χ3n) is 6.89. The van der Waals surface area contributed by atoms with Crippen LogP contribution >= 0.6 is 0 Å². The number of amides is 2. The number of hydrazine groups is 1. The molecule has 0 aliphatic heterocycles. The fourth-order valence-corrected chi connectivity index (χ4v) is 6.04. The molecule has 0 heterocycles. The minimum atomic E-state index is -0.332. The van der Waals surface area contributed by atoms with Gasteiger partial charge in [0.2, 0.25) is 5.91 Å². The van der Waals surface area contributed by atoms with Crippen LogP contribution in [0.2, 0.25) is 0 Å². The average molecular weight is 385 g/mol. The van der Waals surface area contributed by atoms with Gasteiger partial charge >= 0.3 is 0 Å². The third kappa shape index (κ3) is 3.76. The highest BCUT2D eigenvalue weighted by Crippen LogP contribution is 2.60. The molecule has 4 aliphatic carbocycles. The number of benzene rings is 1. The molecule has 0 aromatic heterocycles. The summed E-state index contributed by atoms with van der Waals surface area (Å²) in [6.07, 6.45) is 6.82. The zero-order valence-electron chi connectivity index (χ0n) is 17.2. The summed E-state index contributed by atoms with van der Waals surface area (Å²) in [7, 11) is 0. The largest absolute Gasteiger partial charge is 0.483 e. The molecule has 5 rings (SSSR count). The number of hydrogen-bond donors (Lipinski definition) is 2. The van der Waals surface area contributed by atoms with Crippen LogP contribution in [-0.4, -0.2) is 18.4 Å². The van der Waals surface area contributed by atoms with Gasteiger partial charge in [-0.15, -0.1) is 0 Å². The van der Waals surface area contributed by atoms with Crippen molar-refractivity contribution in [2.24, 2.45) is 23.2 Å². The number of ether oxygens (including phenoxy) is 1. The monoisotopic (exact) mass is 384 g/mol. The second-order valence-electron chi connectivity index (χ2n) is 10.2. The standard InChI is InChI=1S/C23H32N2O3/c1-22(2,3)18-6-4-5-7-19(18)28-14-20(26)24-25-21(27)23-11-15-8-16(12-23)10-17(9-15)13-23/h4-7,15-17H,8-14H2,1-3H3,(H,24,26)(H,25,27). The Hall–Kier alpha value is -2.04. The van der Waals surface area contributed by atoms with Gasteiger partial charge in [-0.2, -0.15) is 0 Å². The maximum absolute atomic E-state index is 12.9.